The van der Waals surface area contributed by atoms with Gasteiger partial charge >= 0.3 is 24.6 Å². The van der Waals surface area contributed by atoms with E-state index >= 15 is 0 Å². The summed E-state index contributed by atoms with van der Waals surface area (Å²) in [6, 6.07) is 0. The van der Waals surface area contributed by atoms with Crippen LogP contribution in [0.1, 0.15) is 59.4 Å². The van der Waals surface area contributed by atoms with Gasteiger partial charge in [-0.25, -0.2) is 19.2 Å². The molecule has 44 heavy (non-hydrogen) atoms. The summed E-state index contributed by atoms with van der Waals surface area (Å²) in [7, 11) is 11.8. The van der Waals surface area contributed by atoms with Gasteiger partial charge < -0.3 is 56.7 Å². The molecular weight excluding hydrogens is 598 g/mol. The molecule has 0 fully saturated rings. The van der Waals surface area contributed by atoms with Crippen LogP contribution in [0.3, 0.4) is 0 Å². The van der Waals surface area contributed by atoms with Crippen LogP contribution in [0.2, 0.25) is 0 Å². The quantitative estimate of drug-likeness (QED) is 0.101. The fraction of sp³-hybridized carbons (Fsp3) is 0.818. The summed E-state index contributed by atoms with van der Waals surface area (Å²) in [6.07, 6.45) is -3.44. The van der Waals surface area contributed by atoms with Crippen LogP contribution in [0.5, 0.6) is 0 Å². The lowest BCUT2D eigenvalue weighted by Gasteiger charge is -2.02. The van der Waals surface area contributed by atoms with Crippen LogP contribution in [-0.4, -0.2) is 109 Å². The van der Waals surface area contributed by atoms with E-state index in [1.165, 1.54) is 14.2 Å². The van der Waals surface area contributed by atoms with E-state index in [9.17, 15) is 19.2 Å². The van der Waals surface area contributed by atoms with Crippen molar-refractivity contribution >= 4 is 40.7 Å². The average molecular weight is 660 g/mol. The first-order valence-corrected chi connectivity index (χ1v) is 8.83. The molecule has 0 amide bonds. The van der Waals surface area contributed by atoms with Gasteiger partial charge in [-0.1, -0.05) is 59.4 Å². The molecule has 0 atom stereocenters. The molecule has 0 aromatic rings. The van der Waals surface area contributed by atoms with Crippen LogP contribution in [0.15, 0.2) is 0 Å². The topological polar surface area (TPSA) is 283 Å². The summed E-state index contributed by atoms with van der Waals surface area (Å²) in [6.45, 7) is -1.69. The van der Waals surface area contributed by atoms with Gasteiger partial charge in [0.1, 0.15) is 26.9 Å². The lowest BCUT2D eigenvalue weighted by atomic mass is 10.6. The van der Waals surface area contributed by atoms with Crippen molar-refractivity contribution in [2.45, 2.75) is 59.4 Å². The van der Waals surface area contributed by atoms with Crippen LogP contribution in [-0.2, 0) is 56.7 Å². The second-order valence-electron chi connectivity index (χ2n) is 4.20. The van der Waals surface area contributed by atoms with Crippen LogP contribution in [0, 0.1) is 0 Å². The van der Waals surface area contributed by atoms with E-state index in [0.29, 0.717) is 0 Å². The Bertz CT molecular complexity index is 453. The van der Waals surface area contributed by atoms with Gasteiger partial charge in [0, 0.05) is 14.2 Å². The van der Waals surface area contributed by atoms with E-state index in [2.05, 4.69) is 72.8 Å². The first-order valence-electron chi connectivity index (χ1n) is 8.83. The van der Waals surface area contributed by atoms with Gasteiger partial charge in [-0.05, 0) is 0 Å². The van der Waals surface area contributed by atoms with Gasteiger partial charge in [-0.15, -0.1) is 0 Å². The summed E-state index contributed by atoms with van der Waals surface area (Å²) in [4.78, 5) is 40.7. The second kappa shape index (κ2) is 72.3. The Kier molecular flexibility index (Phi) is 128. The monoisotopic (exact) mass is 660 g/mol. The maximum absolute atomic E-state index is 10.3. The third-order valence-corrected chi connectivity index (χ3v) is 1.88. The molecule has 0 spiro atoms. The zero-order chi connectivity index (χ0) is 28.5. The summed E-state index contributed by atoms with van der Waals surface area (Å²) in [5, 5.41) is 0. The maximum Gasteiger partial charge on any atom is 0.512 e. The Morgan fingerprint density at radius 3 is 0.750 bits per heavy atom. The molecule has 0 unspecified atom stereocenters. The van der Waals surface area contributed by atoms with Gasteiger partial charge in [0.2, 0.25) is 0 Å². The largest absolute Gasteiger partial charge is 0.512 e. The molecule has 8 N–H and O–H groups in total. The fourth-order valence-electron chi connectivity index (χ4n) is 0.817. The molecule has 0 aliphatic rings. The molecule has 0 saturated heterocycles. The second-order valence-corrected chi connectivity index (χ2v) is 4.20. The predicted molar refractivity (Wildman–Crippen MR) is 167 cm³/mol. The minimum Gasteiger partial charge on any atom is -0.419 e. The molecule has 0 rings (SSSR count). The maximum atomic E-state index is 10.3. The first-order chi connectivity index (χ1) is 17.2. The SMILES string of the molecule is C.C.C.C.C.C.C.C.NCOC(=O)OCN.NCOC(=O)OCN.[B]OCOC(=O)OCOC.[B]OCOC(=O)OCOC. The summed E-state index contributed by atoms with van der Waals surface area (Å²) in [5.74, 6) is 0. The summed E-state index contributed by atoms with van der Waals surface area (Å²) < 4.78 is 50.1. The zero-order valence-corrected chi connectivity index (χ0v) is 19.7. The third-order valence-electron chi connectivity index (χ3n) is 1.88. The third kappa shape index (κ3) is 90.1. The number of ether oxygens (including phenoxy) is 10. The van der Waals surface area contributed by atoms with Crippen molar-refractivity contribution in [3.63, 3.8) is 0 Å². The van der Waals surface area contributed by atoms with E-state index in [1.807, 2.05) is 0 Å². The van der Waals surface area contributed by atoms with Crippen molar-refractivity contribution in [1.82, 2.24) is 0 Å². The predicted octanol–water partition coefficient (Wildman–Crippen LogP) is 2.64. The number of carbonyl (C=O) groups excluding carboxylic acids is 4. The molecule has 20 nitrogen and oxygen atoms in total. The highest BCUT2D eigenvalue weighted by Crippen LogP contribution is 1.85. The molecule has 0 aliphatic heterocycles. The highest BCUT2D eigenvalue weighted by molar-refractivity contribution is 5.98. The molecule has 0 aliphatic carbocycles. The highest BCUT2D eigenvalue weighted by Gasteiger charge is 2.01. The minimum atomic E-state index is -0.882. The van der Waals surface area contributed by atoms with Gasteiger partial charge in [-0.2, -0.15) is 0 Å². The minimum absolute atomic E-state index is 0. The zero-order valence-electron chi connectivity index (χ0n) is 19.7. The number of rotatable bonds is 12. The molecule has 0 aromatic heterocycles. The van der Waals surface area contributed by atoms with Crippen LogP contribution < -0.4 is 22.9 Å². The molecule has 4 radical (unpaired) electrons. The fourth-order valence-corrected chi connectivity index (χ4v) is 0.817. The van der Waals surface area contributed by atoms with Crippen molar-refractivity contribution in [3.05, 3.63) is 0 Å². The molecular formula is C22H62B2N4O16. The van der Waals surface area contributed by atoms with Crippen molar-refractivity contribution in [2.24, 2.45) is 22.9 Å². The normalized spacial score (nSPS) is 7.05. The van der Waals surface area contributed by atoms with E-state index in [-0.39, 0.29) is 114 Å². The Hall–Kier alpha value is -3.11. The molecule has 0 aromatic carbocycles. The van der Waals surface area contributed by atoms with Crippen LogP contribution in [0.25, 0.3) is 0 Å². The lowest BCUT2D eigenvalue weighted by molar-refractivity contribution is -0.0463. The number of hydrogen-bond acceptors (Lipinski definition) is 20. The van der Waals surface area contributed by atoms with Gasteiger partial charge in [0.05, 0.1) is 0 Å². The van der Waals surface area contributed by atoms with Crippen molar-refractivity contribution in [1.29, 1.82) is 0 Å². The van der Waals surface area contributed by atoms with Crippen molar-refractivity contribution < 1.29 is 75.9 Å². The van der Waals surface area contributed by atoms with E-state index in [1.54, 1.807) is 0 Å². The Morgan fingerprint density at radius 1 is 0.409 bits per heavy atom. The standard InChI is InChI=1S/2C4H7BO5.2C3H8N2O3.8CH4/c2*1-7-2-8-4(6)9-3-10-5;2*4-1-7-3(6)8-2-5;;;;;;;;/h2*2-3H2,1H3;2*1-2,4-5H2;8*1H4. The van der Waals surface area contributed by atoms with E-state index < -0.39 is 24.6 Å². The molecule has 0 saturated carbocycles. The summed E-state index contributed by atoms with van der Waals surface area (Å²) in [5.41, 5.74) is 19.2. The molecule has 0 bridgehead atoms. The molecule has 0 heterocycles. The Morgan fingerprint density at radius 2 is 0.591 bits per heavy atom. The summed E-state index contributed by atoms with van der Waals surface area (Å²) >= 11 is 0. The molecule has 22 heteroatoms. The van der Waals surface area contributed by atoms with Crippen molar-refractivity contribution in [3.8, 4) is 0 Å². The lowest BCUT2D eigenvalue weighted by Crippen LogP contribution is -2.16. The number of hydrogen-bond donors (Lipinski definition) is 4. The van der Waals surface area contributed by atoms with Crippen LogP contribution in [0.4, 0.5) is 19.2 Å². The van der Waals surface area contributed by atoms with Crippen molar-refractivity contribution in [2.75, 3.05) is 68.3 Å². The Labute approximate surface area is 267 Å². The smallest absolute Gasteiger partial charge is 0.419 e. The number of nitrogens with two attached hydrogens (primary N) is 4. The van der Waals surface area contributed by atoms with E-state index in [0.717, 1.165) is 0 Å². The van der Waals surface area contributed by atoms with Gasteiger partial charge in [-0.3, -0.25) is 22.9 Å². The van der Waals surface area contributed by atoms with Gasteiger partial charge in [0.15, 0.2) is 27.2 Å². The number of methoxy groups -OCH3 is 2. The molecule has 272 valence electrons. The Balaban J connectivity index is -0.0000000294. The highest BCUT2D eigenvalue weighted by atomic mass is 16.8. The average Bonchev–Trinajstić information content (AvgIpc) is 2.85. The van der Waals surface area contributed by atoms with E-state index in [4.69, 9.17) is 22.9 Å². The first kappa shape index (κ1) is 78.0. The van der Waals surface area contributed by atoms with Gasteiger partial charge in [0.25, 0.3) is 16.1 Å². The van der Waals surface area contributed by atoms with Crippen LogP contribution >= 0.6 is 0 Å². The number of carbonyl (C=O) groups is 4.